The van der Waals surface area contributed by atoms with Crippen molar-refractivity contribution >= 4 is 22.7 Å². The van der Waals surface area contributed by atoms with Crippen LogP contribution in [0.3, 0.4) is 0 Å². The van der Waals surface area contributed by atoms with Crippen LogP contribution in [0.25, 0.3) is 16.7 Å². The number of morpholine rings is 1. The molecule has 0 bridgehead atoms. The van der Waals surface area contributed by atoms with Gasteiger partial charge in [0.15, 0.2) is 5.65 Å². The third-order valence-corrected chi connectivity index (χ3v) is 5.97. The summed E-state index contributed by atoms with van der Waals surface area (Å²) in [7, 11) is 1.84. The van der Waals surface area contributed by atoms with Gasteiger partial charge in [-0.05, 0) is 26.3 Å². The zero-order valence-corrected chi connectivity index (χ0v) is 18.4. The average Bonchev–Trinajstić information content (AvgIpc) is 3.43. The minimum atomic E-state index is -4.33. The van der Waals surface area contributed by atoms with Crippen LogP contribution in [0.15, 0.2) is 24.2 Å². The second-order valence-electron chi connectivity index (χ2n) is 8.33. The minimum Gasteiger partial charge on any atom is -0.370 e. The number of aromatic nitrogens is 6. The first kappa shape index (κ1) is 21.5. The summed E-state index contributed by atoms with van der Waals surface area (Å²) in [6, 6.07) is 0. The molecule has 0 amide bonds. The van der Waals surface area contributed by atoms with Gasteiger partial charge in [0, 0.05) is 30.9 Å². The Kier molecular flexibility index (Phi) is 5.18. The summed E-state index contributed by atoms with van der Waals surface area (Å²) < 4.78 is 47.5. The normalized spacial score (nSPS) is 21.2. The molecule has 1 saturated heterocycles. The molecular weight excluding hydrogens is 435 g/mol. The number of aryl methyl sites for hydroxylation is 3. The van der Waals surface area contributed by atoms with Crippen LogP contribution in [0.2, 0.25) is 0 Å². The van der Waals surface area contributed by atoms with Gasteiger partial charge in [-0.15, -0.1) is 5.73 Å². The van der Waals surface area contributed by atoms with Crippen molar-refractivity contribution in [2.24, 2.45) is 13.0 Å². The van der Waals surface area contributed by atoms with Crippen molar-refractivity contribution in [3.63, 3.8) is 0 Å². The number of hydrogen-bond donors (Lipinski definition) is 0. The molecule has 0 unspecified atom stereocenters. The SMILES string of the molecule is Cc1nc2nc(N3CCO[C@@H](c4cnn(C)c4)C3)nc(C3=C=C[C@H](C(F)(F)F)C3)c2nc1C. The lowest BCUT2D eigenvalue weighted by Gasteiger charge is -2.32. The first-order valence-corrected chi connectivity index (χ1v) is 10.6. The molecule has 3 aromatic heterocycles. The molecule has 0 saturated carbocycles. The second kappa shape index (κ2) is 7.93. The van der Waals surface area contributed by atoms with E-state index in [0.717, 1.165) is 11.6 Å². The number of halogens is 3. The topological polar surface area (TPSA) is 81.9 Å². The van der Waals surface area contributed by atoms with E-state index >= 15 is 0 Å². The van der Waals surface area contributed by atoms with Gasteiger partial charge in [-0.2, -0.15) is 23.3 Å². The van der Waals surface area contributed by atoms with E-state index < -0.39 is 12.1 Å². The fourth-order valence-corrected chi connectivity index (χ4v) is 4.01. The van der Waals surface area contributed by atoms with Gasteiger partial charge in [-0.3, -0.25) is 4.68 Å². The molecule has 1 fully saturated rings. The number of rotatable bonds is 3. The highest BCUT2D eigenvalue weighted by molar-refractivity contribution is 5.86. The van der Waals surface area contributed by atoms with Gasteiger partial charge >= 0.3 is 6.18 Å². The van der Waals surface area contributed by atoms with E-state index in [-0.39, 0.29) is 12.5 Å². The second-order valence-corrected chi connectivity index (χ2v) is 8.33. The van der Waals surface area contributed by atoms with Gasteiger partial charge in [0.2, 0.25) is 5.95 Å². The van der Waals surface area contributed by atoms with Crippen molar-refractivity contribution in [2.45, 2.75) is 32.5 Å². The van der Waals surface area contributed by atoms with Crippen LogP contribution >= 0.6 is 0 Å². The quantitative estimate of drug-likeness (QED) is 0.557. The summed E-state index contributed by atoms with van der Waals surface area (Å²) in [5, 5.41) is 4.20. The molecule has 8 nitrogen and oxygen atoms in total. The van der Waals surface area contributed by atoms with Crippen LogP contribution in [-0.2, 0) is 11.8 Å². The maximum atomic E-state index is 13.3. The number of allylic oxidation sites excluding steroid dienone is 1. The molecule has 11 heteroatoms. The van der Waals surface area contributed by atoms with Gasteiger partial charge in [0.05, 0.1) is 36.7 Å². The summed E-state index contributed by atoms with van der Waals surface area (Å²) in [6.07, 6.45) is -0.0791. The molecule has 0 spiro atoms. The van der Waals surface area contributed by atoms with Gasteiger partial charge < -0.3 is 9.64 Å². The largest absolute Gasteiger partial charge is 0.396 e. The monoisotopic (exact) mass is 457 g/mol. The van der Waals surface area contributed by atoms with Gasteiger partial charge in [0.25, 0.3) is 0 Å². The molecule has 1 aliphatic carbocycles. The molecule has 2 aliphatic rings. The number of alkyl halides is 3. The van der Waals surface area contributed by atoms with Gasteiger partial charge in [0.1, 0.15) is 17.3 Å². The predicted octanol–water partition coefficient (Wildman–Crippen LogP) is 3.47. The van der Waals surface area contributed by atoms with Crippen LogP contribution in [0.1, 0.15) is 35.2 Å². The molecule has 0 radical (unpaired) electrons. The third kappa shape index (κ3) is 4.09. The molecule has 3 aromatic rings. The Morgan fingerprint density at radius 3 is 2.61 bits per heavy atom. The fourth-order valence-electron chi connectivity index (χ4n) is 4.01. The number of hydrogen-bond acceptors (Lipinski definition) is 7. The first-order chi connectivity index (χ1) is 15.7. The maximum absolute atomic E-state index is 13.3. The molecule has 0 N–H and O–H groups in total. The van der Waals surface area contributed by atoms with E-state index in [4.69, 9.17) is 4.74 Å². The lowest BCUT2D eigenvalue weighted by molar-refractivity contribution is -0.158. The molecule has 33 heavy (non-hydrogen) atoms. The Hall–Kier alpha value is -3.30. The zero-order valence-electron chi connectivity index (χ0n) is 18.4. The highest BCUT2D eigenvalue weighted by Crippen LogP contribution is 2.39. The van der Waals surface area contributed by atoms with E-state index in [1.807, 2.05) is 25.1 Å². The van der Waals surface area contributed by atoms with Crippen LogP contribution < -0.4 is 4.90 Å². The molecule has 5 rings (SSSR count). The number of fused-ring (bicyclic) bond motifs is 1. The van der Waals surface area contributed by atoms with Gasteiger partial charge in [-0.1, -0.05) is 0 Å². The Labute approximate surface area is 187 Å². The Morgan fingerprint density at radius 1 is 1.12 bits per heavy atom. The Balaban J connectivity index is 1.55. The van der Waals surface area contributed by atoms with Crippen LogP contribution in [-0.4, -0.2) is 55.6 Å². The average molecular weight is 457 g/mol. The van der Waals surface area contributed by atoms with Crippen molar-refractivity contribution in [1.29, 1.82) is 0 Å². The first-order valence-electron chi connectivity index (χ1n) is 10.6. The van der Waals surface area contributed by atoms with Crippen molar-refractivity contribution in [2.75, 3.05) is 24.6 Å². The minimum absolute atomic E-state index is 0.221. The Morgan fingerprint density at radius 2 is 1.91 bits per heavy atom. The number of nitrogens with zero attached hydrogens (tertiary/aromatic N) is 7. The summed E-state index contributed by atoms with van der Waals surface area (Å²) in [4.78, 5) is 20.4. The standard InChI is InChI=1S/C22H22F3N7O/c1-12-13(2)28-20-19(27-12)18(14-4-5-16(8-14)22(23,24)25)29-21(30-20)32-6-7-33-17(11-32)15-9-26-31(3)10-15/h5,9-10,16-17H,6-8,11H2,1-3H3/t16-,17+/m0/s1. The maximum Gasteiger partial charge on any atom is 0.396 e. The Bertz CT molecular complexity index is 1290. The summed E-state index contributed by atoms with van der Waals surface area (Å²) in [5.41, 5.74) is 6.55. The summed E-state index contributed by atoms with van der Waals surface area (Å²) in [5.74, 6) is -1.20. The predicted molar refractivity (Wildman–Crippen MR) is 114 cm³/mol. The molecule has 1 aliphatic heterocycles. The number of ether oxygens (including phenoxy) is 1. The van der Waals surface area contributed by atoms with Crippen molar-refractivity contribution < 1.29 is 17.9 Å². The van der Waals surface area contributed by atoms with Crippen molar-refractivity contribution in [1.82, 2.24) is 29.7 Å². The lowest BCUT2D eigenvalue weighted by atomic mass is 10.0. The van der Waals surface area contributed by atoms with E-state index in [1.54, 1.807) is 17.8 Å². The molecule has 4 heterocycles. The van der Waals surface area contributed by atoms with Crippen molar-refractivity contribution in [3.8, 4) is 0 Å². The van der Waals surface area contributed by atoms with Crippen LogP contribution in [0.5, 0.6) is 0 Å². The number of anilines is 1. The smallest absolute Gasteiger partial charge is 0.370 e. The van der Waals surface area contributed by atoms with E-state index in [9.17, 15) is 13.2 Å². The van der Waals surface area contributed by atoms with Crippen LogP contribution in [0.4, 0.5) is 19.1 Å². The summed E-state index contributed by atoms with van der Waals surface area (Å²) in [6.45, 7) is 5.10. The third-order valence-electron chi connectivity index (χ3n) is 5.97. The lowest BCUT2D eigenvalue weighted by Crippen LogP contribution is -2.39. The molecular formula is C22H22F3N7O. The van der Waals surface area contributed by atoms with E-state index in [1.165, 1.54) is 0 Å². The van der Waals surface area contributed by atoms with Crippen molar-refractivity contribution in [3.05, 3.63) is 46.8 Å². The van der Waals surface area contributed by atoms with Crippen LogP contribution in [0, 0.1) is 19.8 Å². The van der Waals surface area contributed by atoms with E-state index in [0.29, 0.717) is 59.5 Å². The molecule has 0 aromatic carbocycles. The van der Waals surface area contributed by atoms with Gasteiger partial charge in [-0.25, -0.2) is 15.0 Å². The summed E-state index contributed by atoms with van der Waals surface area (Å²) >= 11 is 0. The molecule has 172 valence electrons. The van der Waals surface area contributed by atoms with E-state index in [2.05, 4.69) is 30.8 Å². The molecule has 2 atom stereocenters. The fraction of sp³-hybridized carbons (Fsp3) is 0.455. The highest BCUT2D eigenvalue weighted by atomic mass is 19.4. The highest BCUT2D eigenvalue weighted by Gasteiger charge is 2.41. The zero-order chi connectivity index (χ0) is 23.3.